The van der Waals surface area contributed by atoms with Crippen LogP contribution in [0.3, 0.4) is 0 Å². The van der Waals surface area contributed by atoms with Gasteiger partial charge in [0.2, 0.25) is 5.78 Å². The lowest BCUT2D eigenvalue weighted by Gasteiger charge is -2.16. The van der Waals surface area contributed by atoms with E-state index in [0.29, 0.717) is 5.78 Å². The summed E-state index contributed by atoms with van der Waals surface area (Å²) in [6.45, 7) is 0. The molecule has 0 unspecified atom stereocenters. The number of nitrogens with one attached hydrogen (secondary N) is 1. The molecule has 0 fully saturated rings. The van der Waals surface area contributed by atoms with E-state index in [0.717, 1.165) is 47.8 Å². The van der Waals surface area contributed by atoms with Gasteiger partial charge in [-0.2, -0.15) is 0 Å². The number of rotatable bonds is 4. The number of hydrogen-bond acceptors (Lipinski definition) is 4. The van der Waals surface area contributed by atoms with Gasteiger partial charge in [0.15, 0.2) is 5.16 Å². The van der Waals surface area contributed by atoms with Crippen LogP contribution in [0.4, 0.5) is 0 Å². The van der Waals surface area contributed by atoms with E-state index in [-0.39, 0.29) is 5.56 Å². The minimum Gasteiger partial charge on any atom is -0.290 e. The first-order chi connectivity index (χ1) is 11.8. The second kappa shape index (κ2) is 6.65. The summed E-state index contributed by atoms with van der Waals surface area (Å²) in [6.07, 6.45) is 8.18. The molecule has 0 amide bonds. The Kier molecular flexibility index (Phi) is 4.21. The Labute approximate surface area is 143 Å². The molecule has 1 aliphatic carbocycles. The zero-order valence-electron chi connectivity index (χ0n) is 13.2. The maximum Gasteiger partial charge on any atom is 0.255 e. The van der Waals surface area contributed by atoms with E-state index < -0.39 is 0 Å². The molecule has 0 radical (unpaired) electrons. The predicted octanol–water partition coefficient (Wildman–Crippen LogP) is 3.10. The molecule has 1 aromatic carbocycles. The molecule has 4 rings (SSSR count). The van der Waals surface area contributed by atoms with Crippen molar-refractivity contribution >= 4 is 23.6 Å². The number of H-pyrrole nitrogens is 1. The highest BCUT2D eigenvalue weighted by atomic mass is 32.2. The molecule has 0 atom stereocenters. The topological polar surface area (TPSA) is 63.0 Å². The third kappa shape index (κ3) is 2.89. The van der Waals surface area contributed by atoms with Crippen molar-refractivity contribution in [3.63, 3.8) is 0 Å². The molecule has 122 valence electrons. The van der Waals surface area contributed by atoms with Gasteiger partial charge in [-0.1, -0.05) is 54.2 Å². The van der Waals surface area contributed by atoms with Gasteiger partial charge in [-0.25, -0.2) is 0 Å². The lowest BCUT2D eigenvalue weighted by molar-refractivity contribution is 0.639. The summed E-state index contributed by atoms with van der Waals surface area (Å²) < 4.78 is 2.02. The first-order valence-corrected chi connectivity index (χ1v) is 9.15. The van der Waals surface area contributed by atoms with Crippen molar-refractivity contribution in [2.75, 3.05) is 5.75 Å². The number of benzene rings is 1. The molecule has 2 heterocycles. The summed E-state index contributed by atoms with van der Waals surface area (Å²) in [7, 11) is 0. The van der Waals surface area contributed by atoms with Crippen molar-refractivity contribution in [1.29, 1.82) is 0 Å². The molecule has 0 spiro atoms. The molecule has 0 saturated heterocycles. The molecular formula is C18H18N4OS. The van der Waals surface area contributed by atoms with Crippen LogP contribution in [0, 0.1) is 0 Å². The van der Waals surface area contributed by atoms with Gasteiger partial charge in [-0.3, -0.25) is 14.2 Å². The van der Waals surface area contributed by atoms with E-state index in [2.05, 4.69) is 39.5 Å². The molecule has 1 N–H and O–H groups in total. The van der Waals surface area contributed by atoms with E-state index in [9.17, 15) is 4.79 Å². The fraction of sp³-hybridized carbons (Fsp3) is 0.278. The minimum absolute atomic E-state index is 0.00914. The maximum atomic E-state index is 12.1. The van der Waals surface area contributed by atoms with Crippen molar-refractivity contribution in [3.8, 4) is 0 Å². The van der Waals surface area contributed by atoms with E-state index in [1.165, 1.54) is 5.56 Å². The van der Waals surface area contributed by atoms with Crippen LogP contribution in [0.15, 0.2) is 46.4 Å². The van der Waals surface area contributed by atoms with Gasteiger partial charge in [0.1, 0.15) is 0 Å². The Morgan fingerprint density at radius 1 is 1.17 bits per heavy atom. The Balaban J connectivity index is 1.59. The Morgan fingerprint density at radius 3 is 2.88 bits per heavy atom. The monoisotopic (exact) mass is 338 g/mol. The average molecular weight is 338 g/mol. The zero-order valence-corrected chi connectivity index (χ0v) is 14.1. The highest BCUT2D eigenvalue weighted by Crippen LogP contribution is 2.23. The minimum atomic E-state index is -0.00914. The van der Waals surface area contributed by atoms with E-state index in [1.54, 1.807) is 11.8 Å². The smallest absolute Gasteiger partial charge is 0.255 e. The molecule has 1 aliphatic rings. The Hall–Kier alpha value is -2.34. The third-order valence-corrected chi connectivity index (χ3v) is 5.14. The predicted molar refractivity (Wildman–Crippen MR) is 96.4 cm³/mol. The normalized spacial score (nSPS) is 14.3. The van der Waals surface area contributed by atoms with Crippen molar-refractivity contribution in [2.24, 2.45) is 0 Å². The molecule has 5 nitrogen and oxygen atoms in total. The lowest BCUT2D eigenvalue weighted by Crippen LogP contribution is -2.22. The largest absolute Gasteiger partial charge is 0.290 e. The SMILES string of the molecule is O=c1[nH]c2nnc(SCC=Cc3ccccc3)n2c2c1CCCC2. The van der Waals surface area contributed by atoms with Crippen LogP contribution >= 0.6 is 11.8 Å². The lowest BCUT2D eigenvalue weighted by atomic mass is 9.97. The summed E-state index contributed by atoms with van der Waals surface area (Å²) in [4.78, 5) is 15.0. The van der Waals surface area contributed by atoms with Crippen LogP contribution in [0.1, 0.15) is 29.7 Å². The molecule has 0 aliphatic heterocycles. The van der Waals surface area contributed by atoms with E-state index >= 15 is 0 Å². The summed E-state index contributed by atoms with van der Waals surface area (Å²) >= 11 is 1.64. The molecule has 2 aromatic heterocycles. The fourth-order valence-corrected chi connectivity index (χ4v) is 3.88. The van der Waals surface area contributed by atoms with Crippen LogP contribution in [-0.2, 0) is 12.8 Å². The second-order valence-corrected chi connectivity index (χ2v) is 6.84. The number of aromatic nitrogens is 4. The second-order valence-electron chi connectivity index (χ2n) is 5.85. The van der Waals surface area contributed by atoms with E-state index in [1.807, 2.05) is 22.6 Å². The number of thioether (sulfide) groups is 1. The van der Waals surface area contributed by atoms with Crippen LogP contribution in [0.25, 0.3) is 11.9 Å². The van der Waals surface area contributed by atoms with Gasteiger partial charge in [-0.15, -0.1) is 10.2 Å². The highest BCUT2D eigenvalue weighted by molar-refractivity contribution is 7.99. The summed E-state index contributed by atoms with van der Waals surface area (Å²) in [6, 6.07) is 10.2. The molecule has 3 aromatic rings. The summed E-state index contributed by atoms with van der Waals surface area (Å²) in [5.74, 6) is 1.36. The first-order valence-electron chi connectivity index (χ1n) is 8.16. The quantitative estimate of drug-likeness (QED) is 0.743. The van der Waals surface area contributed by atoms with Crippen LogP contribution in [-0.4, -0.2) is 25.3 Å². The standard InChI is InChI=1S/C18H18N4OS/c23-16-14-10-4-5-11-15(14)22-17(19-16)20-21-18(22)24-12-6-9-13-7-2-1-3-8-13/h1-3,6-9H,4-5,10-12H2,(H,19,20,23). The first kappa shape index (κ1) is 15.2. The highest BCUT2D eigenvalue weighted by Gasteiger charge is 2.19. The molecule has 0 saturated carbocycles. The summed E-state index contributed by atoms with van der Waals surface area (Å²) in [5, 5.41) is 9.24. The van der Waals surface area contributed by atoms with Gasteiger partial charge in [-0.05, 0) is 31.2 Å². The number of nitrogens with zero attached hydrogens (tertiary/aromatic N) is 3. The Morgan fingerprint density at radius 2 is 2.00 bits per heavy atom. The van der Waals surface area contributed by atoms with Gasteiger partial charge < -0.3 is 0 Å². The third-order valence-electron chi connectivity index (χ3n) is 4.26. The van der Waals surface area contributed by atoms with Crippen LogP contribution in [0.2, 0.25) is 0 Å². The molecular weight excluding hydrogens is 320 g/mol. The van der Waals surface area contributed by atoms with Crippen molar-refractivity contribution in [3.05, 3.63) is 63.6 Å². The number of fused-ring (bicyclic) bond motifs is 3. The number of hydrogen-bond donors (Lipinski definition) is 1. The Bertz CT molecular complexity index is 943. The van der Waals surface area contributed by atoms with Crippen molar-refractivity contribution in [2.45, 2.75) is 30.8 Å². The molecule has 6 heteroatoms. The number of aromatic amines is 1. The molecule has 24 heavy (non-hydrogen) atoms. The van der Waals surface area contributed by atoms with Gasteiger partial charge in [0.05, 0.1) is 0 Å². The van der Waals surface area contributed by atoms with Gasteiger partial charge in [0.25, 0.3) is 5.56 Å². The maximum absolute atomic E-state index is 12.1. The van der Waals surface area contributed by atoms with Gasteiger partial charge in [0, 0.05) is 17.0 Å². The summed E-state index contributed by atoms with van der Waals surface area (Å²) in [5.41, 5.74) is 3.16. The van der Waals surface area contributed by atoms with Crippen LogP contribution < -0.4 is 5.56 Å². The van der Waals surface area contributed by atoms with E-state index in [4.69, 9.17) is 0 Å². The molecule has 0 bridgehead atoms. The zero-order chi connectivity index (χ0) is 16.4. The van der Waals surface area contributed by atoms with Crippen molar-refractivity contribution < 1.29 is 0 Å². The van der Waals surface area contributed by atoms with Gasteiger partial charge >= 0.3 is 0 Å². The average Bonchev–Trinajstić information content (AvgIpc) is 3.03. The number of aryl methyl sites for hydroxylation is 1. The van der Waals surface area contributed by atoms with Crippen molar-refractivity contribution in [1.82, 2.24) is 19.6 Å². The van der Waals surface area contributed by atoms with Crippen LogP contribution in [0.5, 0.6) is 0 Å². The fourth-order valence-electron chi connectivity index (χ4n) is 3.12.